The third-order valence-electron chi connectivity index (χ3n) is 3.20. The van der Waals surface area contributed by atoms with Gasteiger partial charge in [-0.15, -0.1) is 6.58 Å². The quantitative estimate of drug-likeness (QED) is 0.569. The molecule has 1 saturated heterocycles. The fraction of sp³-hybridized carbons (Fsp3) is 0.400. The second-order valence-corrected chi connectivity index (χ2v) is 4.54. The van der Waals surface area contributed by atoms with Crippen molar-refractivity contribution >= 4 is 6.09 Å². The summed E-state index contributed by atoms with van der Waals surface area (Å²) in [5, 5.41) is 0. The molecule has 96 valence electrons. The fourth-order valence-electron chi connectivity index (χ4n) is 2.22. The van der Waals surface area contributed by atoms with Crippen molar-refractivity contribution in [1.29, 1.82) is 0 Å². The molecule has 1 amide bonds. The van der Waals surface area contributed by atoms with Gasteiger partial charge in [-0.1, -0.05) is 36.4 Å². The monoisotopic (exact) mass is 245 g/mol. The van der Waals surface area contributed by atoms with E-state index in [0.717, 1.165) is 25.8 Å². The molecule has 1 heterocycles. The standard InChI is InChI=1S/C15H19NO2/c1-2-3-7-10-16-14(12-18-15(16)17)11-13-8-5-4-6-9-13/h2,4-6,8-9,14H,1,3,7,10-12H2/t14-/m1/s1. The highest BCUT2D eigenvalue weighted by Crippen LogP contribution is 2.17. The number of allylic oxidation sites excluding steroid dienone is 1. The maximum Gasteiger partial charge on any atom is 0.410 e. The molecule has 1 fully saturated rings. The summed E-state index contributed by atoms with van der Waals surface area (Å²) in [4.78, 5) is 13.5. The van der Waals surface area contributed by atoms with Crippen LogP contribution < -0.4 is 0 Å². The molecule has 0 unspecified atom stereocenters. The van der Waals surface area contributed by atoms with Gasteiger partial charge in [-0.25, -0.2) is 4.79 Å². The first kappa shape index (κ1) is 12.7. The van der Waals surface area contributed by atoms with Gasteiger partial charge in [-0.2, -0.15) is 0 Å². The minimum absolute atomic E-state index is 0.171. The molecule has 1 aromatic carbocycles. The van der Waals surface area contributed by atoms with Crippen molar-refractivity contribution in [2.45, 2.75) is 25.3 Å². The number of benzene rings is 1. The number of amides is 1. The Kier molecular flexibility index (Phi) is 4.40. The smallest absolute Gasteiger partial charge is 0.410 e. The maximum atomic E-state index is 11.6. The van der Waals surface area contributed by atoms with Gasteiger partial charge < -0.3 is 9.64 Å². The number of nitrogens with zero attached hydrogens (tertiary/aromatic N) is 1. The Labute approximate surface area is 108 Å². The predicted molar refractivity (Wildman–Crippen MR) is 71.4 cm³/mol. The van der Waals surface area contributed by atoms with Gasteiger partial charge in [0, 0.05) is 6.54 Å². The maximum absolute atomic E-state index is 11.6. The Hall–Kier alpha value is -1.77. The average molecular weight is 245 g/mol. The van der Waals surface area contributed by atoms with Crippen LogP contribution in [0.3, 0.4) is 0 Å². The predicted octanol–water partition coefficient (Wildman–Crippen LogP) is 3.02. The van der Waals surface area contributed by atoms with Gasteiger partial charge in [-0.3, -0.25) is 0 Å². The van der Waals surface area contributed by atoms with Crippen molar-refractivity contribution in [3.8, 4) is 0 Å². The summed E-state index contributed by atoms with van der Waals surface area (Å²) in [6.45, 7) is 4.95. The van der Waals surface area contributed by atoms with Crippen LogP contribution in [0.1, 0.15) is 18.4 Å². The van der Waals surface area contributed by atoms with Gasteiger partial charge in [0.2, 0.25) is 0 Å². The molecule has 1 atom stereocenters. The van der Waals surface area contributed by atoms with Crippen LogP contribution in [0.2, 0.25) is 0 Å². The lowest BCUT2D eigenvalue weighted by Crippen LogP contribution is -2.35. The molecule has 0 N–H and O–H groups in total. The van der Waals surface area contributed by atoms with Crippen molar-refractivity contribution in [2.24, 2.45) is 0 Å². The minimum atomic E-state index is -0.181. The van der Waals surface area contributed by atoms with E-state index in [0.29, 0.717) is 6.61 Å². The Balaban J connectivity index is 1.94. The molecule has 0 spiro atoms. The molecule has 1 aliphatic rings. The SMILES string of the molecule is C=CCCCN1C(=O)OC[C@H]1Cc1ccccc1. The Morgan fingerprint density at radius 2 is 2.17 bits per heavy atom. The Morgan fingerprint density at radius 1 is 1.39 bits per heavy atom. The number of rotatable bonds is 6. The summed E-state index contributed by atoms with van der Waals surface area (Å²) in [5.74, 6) is 0. The van der Waals surface area contributed by atoms with Crippen LogP contribution in [-0.4, -0.2) is 30.2 Å². The normalized spacial score (nSPS) is 18.8. The molecule has 0 aliphatic carbocycles. The number of ether oxygens (including phenoxy) is 1. The third kappa shape index (κ3) is 3.13. The van der Waals surface area contributed by atoms with Crippen LogP contribution in [0, 0.1) is 0 Å². The van der Waals surface area contributed by atoms with Crippen LogP contribution in [0.25, 0.3) is 0 Å². The van der Waals surface area contributed by atoms with Crippen molar-refractivity contribution in [3.05, 3.63) is 48.6 Å². The van der Waals surface area contributed by atoms with Crippen LogP contribution in [0.15, 0.2) is 43.0 Å². The summed E-state index contributed by atoms with van der Waals surface area (Å²) in [5.41, 5.74) is 1.24. The van der Waals surface area contributed by atoms with E-state index >= 15 is 0 Å². The molecular weight excluding hydrogens is 226 g/mol. The van der Waals surface area contributed by atoms with E-state index in [1.807, 2.05) is 29.2 Å². The van der Waals surface area contributed by atoms with Crippen LogP contribution in [0.5, 0.6) is 0 Å². The van der Waals surface area contributed by atoms with Crippen LogP contribution in [-0.2, 0) is 11.2 Å². The fourth-order valence-corrected chi connectivity index (χ4v) is 2.22. The van der Waals surface area contributed by atoms with Crippen LogP contribution >= 0.6 is 0 Å². The highest BCUT2D eigenvalue weighted by Gasteiger charge is 2.32. The number of carbonyl (C=O) groups is 1. The van der Waals surface area contributed by atoms with Gasteiger partial charge in [0.25, 0.3) is 0 Å². The number of cyclic esters (lactones) is 1. The zero-order valence-corrected chi connectivity index (χ0v) is 10.5. The summed E-state index contributed by atoms with van der Waals surface area (Å²) in [6.07, 6.45) is 4.44. The Morgan fingerprint density at radius 3 is 2.89 bits per heavy atom. The van der Waals surface area contributed by atoms with Crippen molar-refractivity contribution in [1.82, 2.24) is 4.90 Å². The van der Waals surface area contributed by atoms with Crippen LogP contribution in [0.4, 0.5) is 4.79 Å². The summed E-state index contributed by atoms with van der Waals surface area (Å²) >= 11 is 0. The summed E-state index contributed by atoms with van der Waals surface area (Å²) in [6, 6.07) is 10.4. The Bertz CT molecular complexity index is 402. The molecule has 0 aromatic heterocycles. The van der Waals surface area contributed by atoms with Gasteiger partial charge >= 0.3 is 6.09 Å². The molecule has 0 saturated carbocycles. The second-order valence-electron chi connectivity index (χ2n) is 4.54. The van der Waals surface area contributed by atoms with Gasteiger partial charge in [0.15, 0.2) is 0 Å². The average Bonchev–Trinajstić information content (AvgIpc) is 2.73. The van der Waals surface area contributed by atoms with Gasteiger partial charge in [-0.05, 0) is 24.8 Å². The number of hydrogen-bond donors (Lipinski definition) is 0. The summed E-state index contributed by atoms with van der Waals surface area (Å²) in [7, 11) is 0. The lowest BCUT2D eigenvalue weighted by atomic mass is 10.1. The van der Waals surface area contributed by atoms with Gasteiger partial charge in [0.1, 0.15) is 6.61 Å². The highest BCUT2D eigenvalue weighted by atomic mass is 16.6. The lowest BCUT2D eigenvalue weighted by Gasteiger charge is -2.21. The first-order chi connectivity index (χ1) is 8.81. The molecule has 18 heavy (non-hydrogen) atoms. The van der Waals surface area contributed by atoms with E-state index in [-0.39, 0.29) is 12.1 Å². The van der Waals surface area contributed by atoms with Gasteiger partial charge in [0.05, 0.1) is 6.04 Å². The molecule has 1 aromatic rings. The largest absolute Gasteiger partial charge is 0.447 e. The topological polar surface area (TPSA) is 29.5 Å². The van der Waals surface area contributed by atoms with Crippen molar-refractivity contribution in [2.75, 3.05) is 13.2 Å². The molecular formula is C15H19NO2. The first-order valence-electron chi connectivity index (χ1n) is 6.39. The van der Waals surface area contributed by atoms with Crippen molar-refractivity contribution in [3.63, 3.8) is 0 Å². The highest BCUT2D eigenvalue weighted by molar-refractivity contribution is 5.70. The molecule has 0 bridgehead atoms. The molecule has 1 aliphatic heterocycles. The van der Waals surface area contributed by atoms with E-state index in [2.05, 4.69) is 18.7 Å². The number of hydrogen-bond acceptors (Lipinski definition) is 2. The number of unbranched alkanes of at least 4 members (excludes halogenated alkanes) is 1. The molecule has 3 heteroatoms. The summed E-state index contributed by atoms with van der Waals surface area (Å²) < 4.78 is 5.14. The van der Waals surface area contributed by atoms with E-state index in [4.69, 9.17) is 4.74 Å². The molecule has 3 nitrogen and oxygen atoms in total. The lowest BCUT2D eigenvalue weighted by molar-refractivity contribution is 0.157. The zero-order chi connectivity index (χ0) is 12.8. The zero-order valence-electron chi connectivity index (χ0n) is 10.5. The molecule has 0 radical (unpaired) electrons. The van der Waals surface area contributed by atoms with E-state index < -0.39 is 0 Å². The van der Waals surface area contributed by atoms with Crippen molar-refractivity contribution < 1.29 is 9.53 Å². The van der Waals surface area contributed by atoms with E-state index in [1.165, 1.54) is 5.56 Å². The second kappa shape index (κ2) is 6.24. The number of carbonyl (C=O) groups excluding carboxylic acids is 1. The minimum Gasteiger partial charge on any atom is -0.447 e. The van der Waals surface area contributed by atoms with E-state index in [1.54, 1.807) is 0 Å². The third-order valence-corrected chi connectivity index (χ3v) is 3.20. The van der Waals surface area contributed by atoms with E-state index in [9.17, 15) is 4.79 Å². The first-order valence-corrected chi connectivity index (χ1v) is 6.39. The molecule has 2 rings (SSSR count).